The van der Waals surface area contributed by atoms with Crippen LogP contribution in [0.15, 0.2) is 11.1 Å². The van der Waals surface area contributed by atoms with Crippen molar-refractivity contribution >= 4 is 23.2 Å². The summed E-state index contributed by atoms with van der Waals surface area (Å²) in [6.45, 7) is 0. The molecule has 0 bridgehead atoms. The second-order valence-corrected chi connectivity index (χ2v) is 0.756. The van der Waals surface area contributed by atoms with Gasteiger partial charge in [0.05, 0.1) is 0 Å². The molecule has 0 unspecified atom stereocenters. The Balaban J connectivity index is 0. The van der Waals surface area contributed by atoms with Crippen molar-refractivity contribution in [2.45, 2.75) is 0 Å². The molecule has 0 aliphatic carbocycles. The van der Waals surface area contributed by atoms with Gasteiger partial charge in [-0.2, -0.15) is 0 Å². The van der Waals surface area contributed by atoms with E-state index in [1.54, 1.807) is 0 Å². The molecular formula is C2H4Cl2O. The molecule has 0 aliphatic heterocycles. The van der Waals surface area contributed by atoms with Gasteiger partial charge in [-0.3, -0.25) is 0 Å². The summed E-state index contributed by atoms with van der Waals surface area (Å²) < 4.78 is 0. The van der Waals surface area contributed by atoms with Crippen molar-refractivity contribution in [3.63, 3.8) is 0 Å². The van der Waals surface area contributed by atoms with Gasteiger partial charge in [-0.15, -0.1) is 0 Å². The van der Waals surface area contributed by atoms with E-state index in [0.29, 0.717) is 0 Å². The van der Waals surface area contributed by atoms with Crippen molar-refractivity contribution in [3.8, 4) is 0 Å². The molecule has 0 aliphatic rings. The first-order chi connectivity index (χ1) is 1.91. The Morgan fingerprint density at radius 3 is 1.20 bits per heavy atom. The first kappa shape index (κ1) is 8.99. The van der Waals surface area contributed by atoms with Gasteiger partial charge in [-0.05, 0) is 0 Å². The largest absolute Gasteiger partial charge is 0.412 e. The van der Waals surface area contributed by atoms with Crippen LogP contribution in [0.2, 0.25) is 0 Å². The summed E-state index contributed by atoms with van der Waals surface area (Å²) in [6, 6.07) is 0. The van der Waals surface area contributed by atoms with Crippen LogP contribution in [-0.2, 0) is 0 Å². The minimum atomic E-state index is 0. The lowest BCUT2D eigenvalue weighted by Gasteiger charge is -1.44. The molecule has 0 radical (unpaired) electrons. The lowest BCUT2D eigenvalue weighted by molar-refractivity contribution is 0.824. The molecule has 0 amide bonds. The maximum Gasteiger partial charge on any atom is 0.0156 e. The maximum absolute atomic E-state index is 4.87. The fourth-order valence-electron chi connectivity index (χ4n) is 0. The quantitative estimate of drug-likeness (QED) is 0.452. The molecular weight excluding hydrogens is 111 g/mol. The van der Waals surface area contributed by atoms with Crippen LogP contribution in [0.3, 0.4) is 0 Å². The van der Waals surface area contributed by atoms with E-state index in [0.717, 1.165) is 0 Å². The Labute approximate surface area is 40.5 Å². The molecule has 0 saturated carbocycles. The van der Waals surface area contributed by atoms with E-state index < -0.39 is 0 Å². The van der Waals surface area contributed by atoms with E-state index in [1.165, 1.54) is 11.1 Å². The molecule has 3 heteroatoms. The molecule has 0 atom stereocenters. The normalized spacial score (nSPS) is 7.60. The number of halogens is 2. The Morgan fingerprint density at radius 2 is 1.20 bits per heavy atom. The third-order valence-corrected chi connectivity index (χ3v) is 0.429. The van der Waals surface area contributed by atoms with E-state index in [2.05, 4.69) is 0 Å². The topological polar surface area (TPSA) is 31.5 Å². The van der Waals surface area contributed by atoms with E-state index in [4.69, 9.17) is 23.2 Å². The van der Waals surface area contributed by atoms with Gasteiger partial charge in [0.2, 0.25) is 0 Å². The summed E-state index contributed by atoms with van der Waals surface area (Å²) >= 11 is 9.75. The van der Waals surface area contributed by atoms with Gasteiger partial charge in [-0.1, -0.05) is 23.2 Å². The summed E-state index contributed by atoms with van der Waals surface area (Å²) in [5.74, 6) is 0. The Hall–Kier alpha value is 0.280. The van der Waals surface area contributed by atoms with Gasteiger partial charge in [0, 0.05) is 11.1 Å². The van der Waals surface area contributed by atoms with Crippen LogP contribution in [0.5, 0.6) is 0 Å². The zero-order valence-electron chi connectivity index (χ0n) is 2.41. The lowest BCUT2D eigenvalue weighted by atomic mass is 11.3. The molecule has 5 heavy (non-hydrogen) atoms. The SMILES string of the molecule is ClC=CCl.O. The first-order valence-corrected chi connectivity index (χ1v) is 1.64. The van der Waals surface area contributed by atoms with E-state index in [9.17, 15) is 0 Å². The summed E-state index contributed by atoms with van der Waals surface area (Å²) in [7, 11) is 0. The molecule has 0 spiro atoms. The monoisotopic (exact) mass is 114 g/mol. The standard InChI is InChI=1S/C2H2Cl2.H2O/c3-1-2-4;/h1-2H;1H2. The molecule has 1 nitrogen and oxygen atoms in total. The minimum absolute atomic E-state index is 0. The number of hydrogen-bond donors (Lipinski definition) is 0. The minimum Gasteiger partial charge on any atom is -0.412 e. The predicted molar refractivity (Wildman–Crippen MR) is 24.5 cm³/mol. The second kappa shape index (κ2) is 8.86. The third kappa shape index (κ3) is 13.6. The molecule has 0 fully saturated rings. The molecule has 0 aromatic heterocycles. The lowest BCUT2D eigenvalue weighted by Crippen LogP contribution is -1.11. The molecule has 0 aromatic carbocycles. The van der Waals surface area contributed by atoms with Gasteiger partial charge in [0.15, 0.2) is 0 Å². The highest BCUT2D eigenvalue weighted by Gasteiger charge is 1.40. The van der Waals surface area contributed by atoms with Gasteiger partial charge in [-0.25, -0.2) is 0 Å². The van der Waals surface area contributed by atoms with E-state index >= 15 is 0 Å². The summed E-state index contributed by atoms with van der Waals surface area (Å²) in [6.07, 6.45) is 0. The van der Waals surface area contributed by atoms with Gasteiger partial charge in [0.25, 0.3) is 0 Å². The molecule has 2 N–H and O–H groups in total. The highest BCUT2D eigenvalue weighted by molar-refractivity contribution is 6.33. The van der Waals surface area contributed by atoms with Crippen LogP contribution in [0, 0.1) is 0 Å². The van der Waals surface area contributed by atoms with Crippen molar-refractivity contribution in [1.82, 2.24) is 0 Å². The molecule has 32 valence electrons. The first-order valence-electron chi connectivity index (χ1n) is 0.770. The fourth-order valence-corrected chi connectivity index (χ4v) is 0. The van der Waals surface area contributed by atoms with Crippen molar-refractivity contribution in [3.05, 3.63) is 11.1 Å². The van der Waals surface area contributed by atoms with Crippen LogP contribution < -0.4 is 0 Å². The summed E-state index contributed by atoms with van der Waals surface area (Å²) in [5, 5.41) is 0. The van der Waals surface area contributed by atoms with Crippen LogP contribution >= 0.6 is 23.2 Å². The summed E-state index contributed by atoms with van der Waals surface area (Å²) in [4.78, 5) is 0. The maximum atomic E-state index is 4.87. The molecule has 0 rings (SSSR count). The van der Waals surface area contributed by atoms with Gasteiger partial charge in [0.1, 0.15) is 0 Å². The average Bonchev–Trinajstić information content (AvgIpc) is 1.37. The molecule has 0 saturated heterocycles. The van der Waals surface area contributed by atoms with Crippen molar-refractivity contribution < 1.29 is 5.48 Å². The van der Waals surface area contributed by atoms with E-state index in [-0.39, 0.29) is 5.48 Å². The van der Waals surface area contributed by atoms with Gasteiger partial charge >= 0.3 is 0 Å². The van der Waals surface area contributed by atoms with Crippen molar-refractivity contribution in [1.29, 1.82) is 0 Å². The molecule has 0 aromatic rings. The number of hydrogen-bond acceptors (Lipinski definition) is 0. The highest BCUT2D eigenvalue weighted by Crippen LogP contribution is 1.78. The third-order valence-electron chi connectivity index (χ3n) is 0.0476. The predicted octanol–water partition coefficient (Wildman–Crippen LogP) is 1.11. The van der Waals surface area contributed by atoms with Crippen molar-refractivity contribution in [2.75, 3.05) is 0 Å². The summed E-state index contributed by atoms with van der Waals surface area (Å²) in [5.41, 5.74) is 2.48. The Morgan fingerprint density at radius 1 is 1.00 bits per heavy atom. The average molecular weight is 115 g/mol. The zero-order chi connectivity index (χ0) is 3.41. The Bertz CT molecular complexity index is 22.8. The smallest absolute Gasteiger partial charge is 0.0156 e. The molecule has 0 heterocycles. The van der Waals surface area contributed by atoms with Crippen LogP contribution in [0.1, 0.15) is 0 Å². The fraction of sp³-hybridized carbons (Fsp3) is 0. The van der Waals surface area contributed by atoms with Gasteiger partial charge < -0.3 is 5.48 Å². The van der Waals surface area contributed by atoms with Crippen molar-refractivity contribution in [2.24, 2.45) is 0 Å². The van der Waals surface area contributed by atoms with Crippen LogP contribution in [0.4, 0.5) is 0 Å². The van der Waals surface area contributed by atoms with Crippen LogP contribution in [0.25, 0.3) is 0 Å². The zero-order valence-corrected chi connectivity index (χ0v) is 3.92. The second-order valence-electron chi connectivity index (χ2n) is 0.252. The highest BCUT2D eigenvalue weighted by atomic mass is 35.5. The number of rotatable bonds is 0. The van der Waals surface area contributed by atoms with E-state index in [1.807, 2.05) is 0 Å². The Kier molecular flexibility index (Phi) is 15.9. The van der Waals surface area contributed by atoms with Crippen LogP contribution in [-0.4, -0.2) is 5.48 Å².